The van der Waals surface area contributed by atoms with Gasteiger partial charge in [0.15, 0.2) is 11.5 Å². The van der Waals surface area contributed by atoms with Gasteiger partial charge in [-0.1, -0.05) is 79.4 Å². The van der Waals surface area contributed by atoms with Gasteiger partial charge >= 0.3 is 0 Å². The monoisotopic (exact) mass is 562 g/mol. The van der Waals surface area contributed by atoms with Crippen LogP contribution in [0, 0.1) is 0 Å². The predicted octanol–water partition coefficient (Wildman–Crippen LogP) is 6.38. The second-order valence-electron chi connectivity index (χ2n) is 10.4. The van der Waals surface area contributed by atoms with E-state index < -0.39 is 6.04 Å². The van der Waals surface area contributed by atoms with Gasteiger partial charge in [0.1, 0.15) is 6.04 Å². The molecule has 1 saturated carbocycles. The van der Waals surface area contributed by atoms with Gasteiger partial charge < -0.3 is 19.7 Å². The average molecular weight is 563 g/mol. The summed E-state index contributed by atoms with van der Waals surface area (Å²) >= 11 is 6.30. The summed E-state index contributed by atoms with van der Waals surface area (Å²) in [4.78, 5) is 29.6. The van der Waals surface area contributed by atoms with Gasteiger partial charge in [-0.15, -0.1) is 0 Å². The Kier molecular flexibility index (Phi) is 10.9. The fourth-order valence-electron chi connectivity index (χ4n) is 5.36. The highest BCUT2D eigenvalue weighted by Crippen LogP contribution is 2.28. The van der Waals surface area contributed by atoms with Crippen molar-refractivity contribution in [1.82, 2.24) is 10.2 Å². The van der Waals surface area contributed by atoms with Crippen molar-refractivity contribution in [1.29, 1.82) is 0 Å². The van der Waals surface area contributed by atoms with Gasteiger partial charge in [0, 0.05) is 30.5 Å². The van der Waals surface area contributed by atoms with Crippen molar-refractivity contribution in [2.45, 2.75) is 70.0 Å². The summed E-state index contributed by atoms with van der Waals surface area (Å²) in [7, 11) is 3.19. The molecule has 1 unspecified atom stereocenters. The minimum atomic E-state index is -0.652. The molecule has 6 nitrogen and oxygen atoms in total. The normalized spacial score (nSPS) is 14.3. The molecule has 0 aliphatic heterocycles. The Morgan fingerprint density at radius 1 is 0.875 bits per heavy atom. The molecular weight excluding hydrogens is 524 g/mol. The summed E-state index contributed by atoms with van der Waals surface area (Å²) < 4.78 is 10.8. The summed E-state index contributed by atoms with van der Waals surface area (Å²) in [5.41, 5.74) is 2.85. The number of ether oxygens (including phenoxy) is 2. The quantitative estimate of drug-likeness (QED) is 0.278. The van der Waals surface area contributed by atoms with Crippen LogP contribution in [0.2, 0.25) is 5.02 Å². The zero-order valence-corrected chi connectivity index (χ0v) is 24.2. The smallest absolute Gasteiger partial charge is 0.243 e. The summed E-state index contributed by atoms with van der Waals surface area (Å²) in [6, 6.07) is 22.6. The van der Waals surface area contributed by atoms with Crippen LogP contribution in [0.1, 0.15) is 55.2 Å². The predicted molar refractivity (Wildman–Crippen MR) is 159 cm³/mol. The Labute approximate surface area is 242 Å². The summed E-state index contributed by atoms with van der Waals surface area (Å²) in [5.74, 6) is 1.08. The van der Waals surface area contributed by atoms with E-state index in [1.807, 2.05) is 72.8 Å². The molecule has 3 aromatic rings. The number of hydrogen-bond donors (Lipinski definition) is 1. The summed E-state index contributed by atoms with van der Waals surface area (Å²) in [5, 5.41) is 3.88. The van der Waals surface area contributed by atoms with Crippen molar-refractivity contribution in [3.63, 3.8) is 0 Å². The highest BCUT2D eigenvalue weighted by Gasteiger charge is 2.31. The second-order valence-corrected chi connectivity index (χ2v) is 10.8. The van der Waals surface area contributed by atoms with Crippen molar-refractivity contribution < 1.29 is 19.1 Å². The molecule has 0 radical (unpaired) electrons. The lowest BCUT2D eigenvalue weighted by Crippen LogP contribution is -2.52. The van der Waals surface area contributed by atoms with Gasteiger partial charge in [-0.25, -0.2) is 0 Å². The SMILES string of the molecule is COc1ccc(CCC(=O)N(Cc2cccc(Cl)c2)C(Cc2ccccc2)C(=O)NC2CCCCC2)cc1OC. The second kappa shape index (κ2) is 14.8. The Balaban J connectivity index is 1.61. The Bertz CT molecular complexity index is 1260. The third-order valence-corrected chi connectivity index (χ3v) is 7.78. The van der Waals surface area contributed by atoms with E-state index >= 15 is 0 Å². The molecule has 4 rings (SSSR count). The lowest BCUT2D eigenvalue weighted by Gasteiger charge is -2.33. The van der Waals surface area contributed by atoms with E-state index in [0.717, 1.165) is 42.4 Å². The fourth-order valence-corrected chi connectivity index (χ4v) is 5.57. The largest absolute Gasteiger partial charge is 0.493 e. The Hall–Kier alpha value is -3.51. The van der Waals surface area contributed by atoms with E-state index in [1.165, 1.54) is 6.42 Å². The van der Waals surface area contributed by atoms with E-state index in [9.17, 15) is 9.59 Å². The minimum absolute atomic E-state index is 0.0884. The van der Waals surface area contributed by atoms with Gasteiger partial charge in [-0.2, -0.15) is 0 Å². The molecule has 40 heavy (non-hydrogen) atoms. The maximum absolute atomic E-state index is 14.0. The number of halogens is 1. The number of amides is 2. The maximum Gasteiger partial charge on any atom is 0.243 e. The third-order valence-electron chi connectivity index (χ3n) is 7.54. The van der Waals surface area contributed by atoms with E-state index in [-0.39, 0.29) is 24.3 Å². The van der Waals surface area contributed by atoms with Crippen LogP contribution in [-0.2, 0) is 29.0 Å². The van der Waals surface area contributed by atoms with Crippen LogP contribution in [0.4, 0.5) is 0 Å². The molecule has 0 bridgehead atoms. The number of carbonyl (C=O) groups excluding carboxylic acids is 2. The van der Waals surface area contributed by atoms with Crippen LogP contribution < -0.4 is 14.8 Å². The highest BCUT2D eigenvalue weighted by atomic mass is 35.5. The van der Waals surface area contributed by atoms with Crippen molar-refractivity contribution >= 4 is 23.4 Å². The molecular formula is C33H39ClN2O4. The molecule has 1 N–H and O–H groups in total. The number of nitrogens with one attached hydrogen (secondary N) is 1. The molecule has 0 aromatic heterocycles. The molecule has 1 fully saturated rings. The van der Waals surface area contributed by atoms with Crippen LogP contribution >= 0.6 is 11.6 Å². The van der Waals surface area contributed by atoms with Crippen molar-refractivity contribution in [2.24, 2.45) is 0 Å². The first kappa shape index (κ1) is 29.5. The molecule has 1 atom stereocenters. The summed E-state index contributed by atoms with van der Waals surface area (Å²) in [6.45, 7) is 0.293. The van der Waals surface area contributed by atoms with Gasteiger partial charge in [-0.3, -0.25) is 9.59 Å². The van der Waals surface area contributed by atoms with E-state index in [0.29, 0.717) is 35.9 Å². The number of rotatable bonds is 12. The zero-order chi connectivity index (χ0) is 28.3. The highest BCUT2D eigenvalue weighted by molar-refractivity contribution is 6.30. The fraction of sp³-hybridized carbons (Fsp3) is 0.394. The van der Waals surface area contributed by atoms with Gasteiger partial charge in [-0.05, 0) is 60.2 Å². The molecule has 0 spiro atoms. The number of benzene rings is 3. The Morgan fingerprint density at radius 2 is 1.60 bits per heavy atom. The lowest BCUT2D eigenvalue weighted by atomic mass is 9.94. The molecule has 0 heterocycles. The van der Waals surface area contributed by atoms with Crippen LogP contribution in [0.3, 0.4) is 0 Å². The van der Waals surface area contributed by atoms with Crippen LogP contribution in [0.25, 0.3) is 0 Å². The minimum Gasteiger partial charge on any atom is -0.493 e. The van der Waals surface area contributed by atoms with Crippen molar-refractivity contribution in [3.05, 3.63) is 94.5 Å². The number of hydrogen-bond acceptors (Lipinski definition) is 4. The number of methoxy groups -OCH3 is 2. The topological polar surface area (TPSA) is 67.9 Å². The zero-order valence-electron chi connectivity index (χ0n) is 23.4. The molecule has 3 aromatic carbocycles. The van der Waals surface area contributed by atoms with Crippen LogP contribution in [0.15, 0.2) is 72.8 Å². The first-order valence-corrected chi connectivity index (χ1v) is 14.4. The number of aryl methyl sites for hydroxylation is 1. The van der Waals surface area contributed by atoms with E-state index in [4.69, 9.17) is 21.1 Å². The number of carbonyl (C=O) groups is 2. The van der Waals surface area contributed by atoms with E-state index in [1.54, 1.807) is 19.1 Å². The Morgan fingerprint density at radius 3 is 2.30 bits per heavy atom. The standard InChI is InChI=1S/C33H39ClN2O4/c1-39-30-18-16-25(22-31(30)40-2)17-19-32(37)36(23-26-12-9-13-27(34)20-26)29(21-24-10-5-3-6-11-24)33(38)35-28-14-7-4-8-15-28/h3,5-6,9-13,16,18,20,22,28-29H,4,7-8,14-15,17,19,21,23H2,1-2H3,(H,35,38). The van der Waals surface area contributed by atoms with Gasteiger partial charge in [0.05, 0.1) is 14.2 Å². The van der Waals surface area contributed by atoms with E-state index in [2.05, 4.69) is 5.32 Å². The van der Waals surface area contributed by atoms with Gasteiger partial charge in [0.2, 0.25) is 11.8 Å². The molecule has 212 valence electrons. The first-order valence-electron chi connectivity index (χ1n) is 14.1. The maximum atomic E-state index is 14.0. The molecule has 1 aliphatic rings. The molecule has 1 aliphatic carbocycles. The first-order chi connectivity index (χ1) is 19.5. The molecule has 0 saturated heterocycles. The van der Waals surface area contributed by atoms with Crippen molar-refractivity contribution in [2.75, 3.05) is 14.2 Å². The van der Waals surface area contributed by atoms with Crippen molar-refractivity contribution in [3.8, 4) is 11.5 Å². The van der Waals surface area contributed by atoms with Crippen LogP contribution in [0.5, 0.6) is 11.5 Å². The molecule has 7 heteroatoms. The third kappa shape index (κ3) is 8.25. The average Bonchev–Trinajstić information content (AvgIpc) is 2.98. The van der Waals surface area contributed by atoms with Crippen LogP contribution in [-0.4, -0.2) is 43.0 Å². The van der Waals surface area contributed by atoms with Gasteiger partial charge in [0.25, 0.3) is 0 Å². The summed E-state index contributed by atoms with van der Waals surface area (Å²) in [6.07, 6.45) is 6.58. The number of nitrogens with zero attached hydrogens (tertiary/aromatic N) is 1. The molecule has 2 amide bonds. The lowest BCUT2D eigenvalue weighted by molar-refractivity contribution is -0.141.